The molecule has 0 bridgehead atoms. The van der Waals surface area contributed by atoms with Gasteiger partial charge in [-0.2, -0.15) is 0 Å². The smallest absolute Gasteiger partial charge is 0.326 e. The van der Waals surface area contributed by atoms with Gasteiger partial charge in [-0.25, -0.2) is 4.79 Å². The standard InChI is InChI=1S/C16H22N2O4S/c1-9(2)14(16(21)22)18-15(20)10(3)23-13-7-5-12(6-8-13)17-11(4)19/h5-10,14H,1-4H3,(H,17,19)(H,18,20)(H,21,22). The molecule has 1 aromatic rings. The van der Waals surface area contributed by atoms with Gasteiger partial charge in [0.2, 0.25) is 11.8 Å². The molecule has 2 atom stereocenters. The number of hydrogen-bond acceptors (Lipinski definition) is 4. The van der Waals surface area contributed by atoms with E-state index in [1.165, 1.54) is 18.7 Å². The second-order valence-electron chi connectivity index (χ2n) is 5.53. The Kier molecular flexibility index (Phi) is 7.09. The summed E-state index contributed by atoms with van der Waals surface area (Å²) in [5.74, 6) is -1.69. The molecule has 0 aliphatic heterocycles. The number of carbonyl (C=O) groups is 3. The molecule has 2 unspecified atom stereocenters. The van der Waals surface area contributed by atoms with E-state index in [1.807, 2.05) is 0 Å². The lowest BCUT2D eigenvalue weighted by atomic mass is 10.0. The zero-order chi connectivity index (χ0) is 17.6. The quantitative estimate of drug-likeness (QED) is 0.663. The molecule has 0 heterocycles. The van der Waals surface area contributed by atoms with Crippen molar-refractivity contribution in [3.8, 4) is 0 Å². The van der Waals surface area contributed by atoms with Gasteiger partial charge in [-0.15, -0.1) is 11.8 Å². The maximum Gasteiger partial charge on any atom is 0.326 e. The van der Waals surface area contributed by atoms with Gasteiger partial charge in [-0.3, -0.25) is 9.59 Å². The maximum atomic E-state index is 12.1. The highest BCUT2D eigenvalue weighted by molar-refractivity contribution is 8.00. The minimum atomic E-state index is -1.04. The summed E-state index contributed by atoms with van der Waals surface area (Å²) < 4.78 is 0. The Bertz CT molecular complexity index is 572. The number of nitrogens with one attached hydrogen (secondary N) is 2. The van der Waals surface area contributed by atoms with Crippen molar-refractivity contribution >= 4 is 35.2 Å². The van der Waals surface area contributed by atoms with Crippen molar-refractivity contribution in [3.05, 3.63) is 24.3 Å². The summed E-state index contributed by atoms with van der Waals surface area (Å²) in [6, 6.07) is 6.21. The highest BCUT2D eigenvalue weighted by Crippen LogP contribution is 2.25. The first-order valence-corrected chi connectivity index (χ1v) is 8.16. The van der Waals surface area contributed by atoms with Crippen LogP contribution in [0.2, 0.25) is 0 Å². The number of rotatable bonds is 7. The molecule has 0 aliphatic carbocycles. The van der Waals surface area contributed by atoms with Crippen LogP contribution in [0.4, 0.5) is 5.69 Å². The van der Waals surface area contributed by atoms with Crippen LogP contribution in [0.25, 0.3) is 0 Å². The van der Waals surface area contributed by atoms with Crippen LogP contribution in [0.15, 0.2) is 29.2 Å². The van der Waals surface area contributed by atoms with E-state index in [0.29, 0.717) is 5.69 Å². The number of benzene rings is 1. The van der Waals surface area contributed by atoms with Crippen LogP contribution in [0.5, 0.6) is 0 Å². The number of anilines is 1. The van der Waals surface area contributed by atoms with E-state index in [0.717, 1.165) is 4.90 Å². The van der Waals surface area contributed by atoms with Gasteiger partial charge in [0.05, 0.1) is 5.25 Å². The lowest BCUT2D eigenvalue weighted by Crippen LogP contribution is -2.46. The van der Waals surface area contributed by atoms with Crippen LogP contribution in [0.3, 0.4) is 0 Å². The molecule has 23 heavy (non-hydrogen) atoms. The summed E-state index contributed by atoms with van der Waals surface area (Å²) in [5, 5.41) is 13.9. The molecule has 0 radical (unpaired) electrons. The van der Waals surface area contributed by atoms with Crippen molar-refractivity contribution in [2.24, 2.45) is 5.92 Å². The molecule has 1 aromatic carbocycles. The van der Waals surface area contributed by atoms with Gasteiger partial charge in [-0.1, -0.05) is 13.8 Å². The molecular weight excluding hydrogens is 316 g/mol. The topological polar surface area (TPSA) is 95.5 Å². The Morgan fingerprint density at radius 2 is 1.65 bits per heavy atom. The molecule has 3 N–H and O–H groups in total. The van der Waals surface area contributed by atoms with Crippen molar-refractivity contribution < 1.29 is 19.5 Å². The summed E-state index contributed by atoms with van der Waals surface area (Å²) >= 11 is 1.33. The Morgan fingerprint density at radius 3 is 2.09 bits per heavy atom. The molecule has 1 rings (SSSR count). The number of thioether (sulfide) groups is 1. The first kappa shape index (κ1) is 19.0. The first-order chi connectivity index (χ1) is 10.7. The van der Waals surface area contributed by atoms with E-state index in [9.17, 15) is 14.4 Å². The lowest BCUT2D eigenvalue weighted by Gasteiger charge is -2.20. The van der Waals surface area contributed by atoms with Crippen molar-refractivity contribution in [1.82, 2.24) is 5.32 Å². The molecule has 2 amide bonds. The average Bonchev–Trinajstić information content (AvgIpc) is 2.45. The molecular formula is C16H22N2O4S. The van der Waals surface area contributed by atoms with Gasteiger partial charge in [0.1, 0.15) is 6.04 Å². The normalized spacial score (nSPS) is 13.3. The van der Waals surface area contributed by atoms with Crippen molar-refractivity contribution in [1.29, 1.82) is 0 Å². The van der Waals surface area contributed by atoms with E-state index in [2.05, 4.69) is 10.6 Å². The van der Waals surface area contributed by atoms with Crippen LogP contribution in [0, 0.1) is 5.92 Å². The Hall–Kier alpha value is -2.02. The zero-order valence-corrected chi connectivity index (χ0v) is 14.4. The summed E-state index contributed by atoms with van der Waals surface area (Å²) in [6.07, 6.45) is 0. The predicted molar refractivity (Wildman–Crippen MR) is 90.5 cm³/mol. The molecule has 0 saturated carbocycles. The van der Waals surface area contributed by atoms with Gasteiger partial charge in [0.15, 0.2) is 0 Å². The predicted octanol–water partition coefficient (Wildman–Crippen LogP) is 2.35. The minimum absolute atomic E-state index is 0.147. The van der Waals surface area contributed by atoms with E-state index in [-0.39, 0.29) is 17.7 Å². The van der Waals surface area contributed by atoms with Crippen molar-refractivity contribution in [2.45, 2.75) is 43.9 Å². The van der Waals surface area contributed by atoms with E-state index in [4.69, 9.17) is 5.11 Å². The van der Waals surface area contributed by atoms with Gasteiger partial charge in [0.25, 0.3) is 0 Å². The fourth-order valence-corrected chi connectivity index (χ4v) is 2.74. The number of aliphatic carboxylic acids is 1. The Labute approximate surface area is 140 Å². The second-order valence-corrected chi connectivity index (χ2v) is 6.95. The average molecular weight is 338 g/mol. The molecule has 0 aromatic heterocycles. The molecule has 7 heteroatoms. The van der Waals surface area contributed by atoms with Gasteiger partial charge in [0, 0.05) is 17.5 Å². The van der Waals surface area contributed by atoms with Gasteiger partial charge in [-0.05, 0) is 37.1 Å². The fraction of sp³-hybridized carbons (Fsp3) is 0.438. The Morgan fingerprint density at radius 1 is 1.09 bits per heavy atom. The van der Waals surface area contributed by atoms with Crippen molar-refractivity contribution in [3.63, 3.8) is 0 Å². The molecule has 0 spiro atoms. The third kappa shape index (κ3) is 6.32. The van der Waals surface area contributed by atoms with Crippen LogP contribution in [0.1, 0.15) is 27.7 Å². The fourth-order valence-electron chi connectivity index (χ4n) is 1.86. The number of amides is 2. The van der Waals surface area contributed by atoms with E-state index in [1.54, 1.807) is 45.0 Å². The summed E-state index contributed by atoms with van der Waals surface area (Å²) in [5.41, 5.74) is 0.685. The van der Waals surface area contributed by atoms with Crippen LogP contribution in [-0.4, -0.2) is 34.2 Å². The largest absolute Gasteiger partial charge is 0.480 e. The SMILES string of the molecule is CC(=O)Nc1ccc(SC(C)C(=O)NC(C(=O)O)C(C)C)cc1. The number of carboxylic acids is 1. The molecule has 0 aliphatic rings. The molecule has 0 saturated heterocycles. The van der Waals surface area contributed by atoms with E-state index >= 15 is 0 Å². The van der Waals surface area contributed by atoms with Gasteiger partial charge < -0.3 is 15.7 Å². The number of hydrogen-bond donors (Lipinski definition) is 3. The molecule has 6 nitrogen and oxygen atoms in total. The van der Waals surface area contributed by atoms with Crippen molar-refractivity contribution in [2.75, 3.05) is 5.32 Å². The first-order valence-electron chi connectivity index (χ1n) is 7.28. The third-order valence-corrected chi connectivity index (χ3v) is 4.20. The maximum absolute atomic E-state index is 12.1. The Balaban J connectivity index is 2.64. The van der Waals surface area contributed by atoms with Crippen LogP contribution in [-0.2, 0) is 14.4 Å². The minimum Gasteiger partial charge on any atom is -0.480 e. The van der Waals surface area contributed by atoms with Gasteiger partial charge >= 0.3 is 5.97 Å². The zero-order valence-electron chi connectivity index (χ0n) is 13.6. The highest BCUT2D eigenvalue weighted by Gasteiger charge is 2.26. The molecule has 0 fully saturated rings. The second kappa shape index (κ2) is 8.57. The van der Waals surface area contributed by atoms with Crippen LogP contribution >= 0.6 is 11.8 Å². The lowest BCUT2D eigenvalue weighted by molar-refractivity contribution is -0.143. The summed E-state index contributed by atoms with van der Waals surface area (Å²) in [7, 11) is 0. The summed E-state index contributed by atoms with van der Waals surface area (Å²) in [6.45, 7) is 6.65. The monoisotopic (exact) mass is 338 g/mol. The summed E-state index contributed by atoms with van der Waals surface area (Å²) in [4.78, 5) is 35.1. The highest BCUT2D eigenvalue weighted by atomic mass is 32.2. The number of carbonyl (C=O) groups excluding carboxylic acids is 2. The van der Waals surface area contributed by atoms with E-state index < -0.39 is 17.3 Å². The van der Waals surface area contributed by atoms with Crippen LogP contribution < -0.4 is 10.6 Å². The third-order valence-electron chi connectivity index (χ3n) is 3.09. The molecule has 126 valence electrons. The number of carboxylic acid groups (broad SMARTS) is 1.